The summed E-state index contributed by atoms with van der Waals surface area (Å²) in [5.74, 6) is 0.400. The molecule has 0 saturated carbocycles. The number of amides is 1. The van der Waals surface area contributed by atoms with E-state index in [-0.39, 0.29) is 5.91 Å². The molecule has 1 amide bonds. The van der Waals surface area contributed by atoms with Gasteiger partial charge in [0.15, 0.2) is 0 Å². The van der Waals surface area contributed by atoms with Gasteiger partial charge < -0.3 is 5.32 Å². The standard InChI is InChI=1S/C14H13BrN2O/c1-9-3-4-12(15)11(7-9)14(18)17-13-8-10(2)5-6-16-13/h3-8H,1-2H3,(H,16,17,18). The Morgan fingerprint density at radius 1 is 1.17 bits per heavy atom. The lowest BCUT2D eigenvalue weighted by Gasteiger charge is -2.07. The summed E-state index contributed by atoms with van der Waals surface area (Å²) in [6.07, 6.45) is 1.68. The molecule has 0 unspecified atom stereocenters. The Morgan fingerprint density at radius 2 is 1.89 bits per heavy atom. The molecule has 92 valence electrons. The number of nitrogens with one attached hydrogen (secondary N) is 1. The van der Waals surface area contributed by atoms with Crippen LogP contribution in [-0.4, -0.2) is 10.9 Å². The van der Waals surface area contributed by atoms with Crippen molar-refractivity contribution in [1.29, 1.82) is 0 Å². The van der Waals surface area contributed by atoms with Crippen molar-refractivity contribution < 1.29 is 4.79 Å². The molecule has 0 saturated heterocycles. The summed E-state index contributed by atoms with van der Waals surface area (Å²) in [4.78, 5) is 16.2. The zero-order valence-corrected chi connectivity index (χ0v) is 11.8. The fraction of sp³-hybridized carbons (Fsp3) is 0.143. The minimum Gasteiger partial charge on any atom is -0.307 e. The number of carbonyl (C=O) groups excluding carboxylic acids is 1. The van der Waals surface area contributed by atoms with Crippen molar-refractivity contribution in [3.05, 3.63) is 57.7 Å². The average Bonchev–Trinajstić information content (AvgIpc) is 2.32. The van der Waals surface area contributed by atoms with Crippen LogP contribution >= 0.6 is 15.9 Å². The molecule has 4 heteroatoms. The van der Waals surface area contributed by atoms with E-state index in [1.807, 2.05) is 44.2 Å². The Balaban J connectivity index is 2.24. The summed E-state index contributed by atoms with van der Waals surface area (Å²) in [5.41, 5.74) is 2.71. The number of anilines is 1. The van der Waals surface area contributed by atoms with Crippen molar-refractivity contribution in [1.82, 2.24) is 4.98 Å². The van der Waals surface area contributed by atoms with Crippen molar-refractivity contribution >= 4 is 27.7 Å². The van der Waals surface area contributed by atoms with Gasteiger partial charge in [-0.3, -0.25) is 4.79 Å². The van der Waals surface area contributed by atoms with E-state index in [4.69, 9.17) is 0 Å². The van der Waals surface area contributed by atoms with Crippen molar-refractivity contribution in [3.8, 4) is 0 Å². The molecule has 1 heterocycles. The van der Waals surface area contributed by atoms with Crippen molar-refractivity contribution in [2.75, 3.05) is 5.32 Å². The maximum Gasteiger partial charge on any atom is 0.257 e. The topological polar surface area (TPSA) is 42.0 Å². The van der Waals surface area contributed by atoms with E-state index in [2.05, 4.69) is 26.2 Å². The molecule has 0 bridgehead atoms. The van der Waals surface area contributed by atoms with Crippen LogP contribution in [-0.2, 0) is 0 Å². The highest BCUT2D eigenvalue weighted by molar-refractivity contribution is 9.10. The maximum atomic E-state index is 12.1. The predicted molar refractivity (Wildman–Crippen MR) is 75.8 cm³/mol. The molecule has 0 fully saturated rings. The Kier molecular flexibility index (Phi) is 3.77. The van der Waals surface area contributed by atoms with Crippen LogP contribution < -0.4 is 5.32 Å². The molecular formula is C14H13BrN2O. The van der Waals surface area contributed by atoms with Gasteiger partial charge in [-0.2, -0.15) is 0 Å². The number of hydrogen-bond donors (Lipinski definition) is 1. The maximum absolute atomic E-state index is 12.1. The number of benzene rings is 1. The Labute approximate surface area is 114 Å². The SMILES string of the molecule is Cc1ccnc(NC(=O)c2cc(C)ccc2Br)c1. The molecule has 0 aliphatic rings. The number of aryl methyl sites for hydroxylation is 2. The Bertz CT molecular complexity index is 596. The van der Waals surface area contributed by atoms with E-state index in [1.165, 1.54) is 0 Å². The summed E-state index contributed by atoms with van der Waals surface area (Å²) in [6, 6.07) is 9.38. The van der Waals surface area contributed by atoms with Gasteiger partial charge in [-0.05, 0) is 59.6 Å². The highest BCUT2D eigenvalue weighted by atomic mass is 79.9. The van der Waals surface area contributed by atoms with Gasteiger partial charge in [-0.15, -0.1) is 0 Å². The summed E-state index contributed by atoms with van der Waals surface area (Å²) in [7, 11) is 0. The lowest BCUT2D eigenvalue weighted by atomic mass is 10.1. The van der Waals surface area contributed by atoms with Gasteiger partial charge >= 0.3 is 0 Å². The van der Waals surface area contributed by atoms with Crippen LogP contribution in [0.25, 0.3) is 0 Å². The molecule has 0 radical (unpaired) electrons. The average molecular weight is 305 g/mol. The molecule has 2 aromatic rings. The highest BCUT2D eigenvalue weighted by Gasteiger charge is 2.10. The van der Waals surface area contributed by atoms with E-state index >= 15 is 0 Å². The van der Waals surface area contributed by atoms with Gasteiger partial charge in [0, 0.05) is 10.7 Å². The molecule has 0 atom stereocenters. The fourth-order valence-corrected chi connectivity index (χ4v) is 2.03. The van der Waals surface area contributed by atoms with Crippen LogP contribution in [0.15, 0.2) is 41.0 Å². The van der Waals surface area contributed by atoms with Crippen LogP contribution in [0, 0.1) is 13.8 Å². The van der Waals surface area contributed by atoms with Crippen molar-refractivity contribution in [3.63, 3.8) is 0 Å². The molecule has 2 rings (SSSR count). The van der Waals surface area contributed by atoms with E-state index in [1.54, 1.807) is 6.20 Å². The summed E-state index contributed by atoms with van der Waals surface area (Å²) < 4.78 is 0.776. The molecule has 1 N–H and O–H groups in total. The lowest BCUT2D eigenvalue weighted by molar-refractivity contribution is 0.102. The van der Waals surface area contributed by atoms with E-state index < -0.39 is 0 Å². The first-order chi connectivity index (χ1) is 8.56. The van der Waals surface area contributed by atoms with Gasteiger partial charge in [-0.25, -0.2) is 4.98 Å². The van der Waals surface area contributed by atoms with E-state index in [0.717, 1.165) is 15.6 Å². The Morgan fingerprint density at radius 3 is 2.61 bits per heavy atom. The minimum absolute atomic E-state index is 0.163. The first-order valence-corrected chi connectivity index (χ1v) is 6.36. The van der Waals surface area contributed by atoms with Crippen LogP contribution in [0.2, 0.25) is 0 Å². The zero-order chi connectivity index (χ0) is 13.1. The van der Waals surface area contributed by atoms with Crippen LogP contribution in [0.3, 0.4) is 0 Å². The van der Waals surface area contributed by atoms with Gasteiger partial charge in [0.25, 0.3) is 5.91 Å². The number of aromatic nitrogens is 1. The van der Waals surface area contributed by atoms with Crippen molar-refractivity contribution in [2.45, 2.75) is 13.8 Å². The third-order valence-electron chi connectivity index (χ3n) is 2.52. The third-order valence-corrected chi connectivity index (χ3v) is 3.22. The van der Waals surface area contributed by atoms with E-state index in [0.29, 0.717) is 11.4 Å². The van der Waals surface area contributed by atoms with Gasteiger partial charge in [0.1, 0.15) is 5.82 Å². The highest BCUT2D eigenvalue weighted by Crippen LogP contribution is 2.19. The molecule has 18 heavy (non-hydrogen) atoms. The second kappa shape index (κ2) is 5.31. The molecule has 1 aromatic carbocycles. The van der Waals surface area contributed by atoms with Gasteiger partial charge in [0.05, 0.1) is 5.56 Å². The summed E-state index contributed by atoms with van der Waals surface area (Å²) in [6.45, 7) is 3.91. The summed E-state index contributed by atoms with van der Waals surface area (Å²) in [5, 5.41) is 2.79. The third kappa shape index (κ3) is 2.96. The number of pyridine rings is 1. The van der Waals surface area contributed by atoms with Gasteiger partial charge in [0.2, 0.25) is 0 Å². The summed E-state index contributed by atoms with van der Waals surface area (Å²) >= 11 is 3.38. The molecule has 3 nitrogen and oxygen atoms in total. The molecule has 0 spiro atoms. The second-order valence-corrected chi connectivity index (χ2v) is 5.01. The quantitative estimate of drug-likeness (QED) is 0.919. The predicted octanol–water partition coefficient (Wildman–Crippen LogP) is 3.71. The molecular weight excluding hydrogens is 292 g/mol. The first-order valence-electron chi connectivity index (χ1n) is 5.56. The minimum atomic E-state index is -0.163. The zero-order valence-electron chi connectivity index (χ0n) is 10.2. The first kappa shape index (κ1) is 12.8. The second-order valence-electron chi connectivity index (χ2n) is 4.16. The monoisotopic (exact) mass is 304 g/mol. The largest absolute Gasteiger partial charge is 0.307 e. The Hall–Kier alpha value is -1.68. The van der Waals surface area contributed by atoms with Crippen LogP contribution in [0.1, 0.15) is 21.5 Å². The molecule has 0 aliphatic heterocycles. The molecule has 1 aromatic heterocycles. The molecule has 0 aliphatic carbocycles. The van der Waals surface area contributed by atoms with Crippen LogP contribution in [0.5, 0.6) is 0 Å². The van der Waals surface area contributed by atoms with E-state index in [9.17, 15) is 4.79 Å². The van der Waals surface area contributed by atoms with Crippen molar-refractivity contribution in [2.24, 2.45) is 0 Å². The van der Waals surface area contributed by atoms with Crippen LogP contribution in [0.4, 0.5) is 5.82 Å². The number of halogens is 1. The fourth-order valence-electron chi connectivity index (χ4n) is 1.60. The smallest absolute Gasteiger partial charge is 0.257 e. The number of rotatable bonds is 2. The number of nitrogens with zero attached hydrogens (tertiary/aromatic N) is 1. The normalized spacial score (nSPS) is 10.2. The lowest BCUT2D eigenvalue weighted by Crippen LogP contribution is -2.13. The number of hydrogen-bond acceptors (Lipinski definition) is 2. The van der Waals surface area contributed by atoms with Gasteiger partial charge in [-0.1, -0.05) is 11.6 Å². The number of carbonyl (C=O) groups is 1.